The predicted molar refractivity (Wildman–Crippen MR) is 121 cm³/mol. The zero-order valence-electron chi connectivity index (χ0n) is 19.2. The number of fused-ring (bicyclic) bond motifs is 1. The Balaban J connectivity index is 0.000000356. The molecule has 1 aromatic carbocycles. The highest BCUT2D eigenvalue weighted by atomic mass is 19.4. The van der Waals surface area contributed by atoms with Crippen molar-refractivity contribution in [2.45, 2.75) is 19.7 Å². The van der Waals surface area contributed by atoms with Crippen molar-refractivity contribution in [3.8, 4) is 11.6 Å². The minimum atomic E-state index is -4.63. The van der Waals surface area contributed by atoms with Crippen LogP contribution in [-0.4, -0.2) is 39.4 Å². The van der Waals surface area contributed by atoms with Crippen LogP contribution in [0.5, 0.6) is 11.6 Å². The zero-order valence-corrected chi connectivity index (χ0v) is 19.2. The van der Waals surface area contributed by atoms with Gasteiger partial charge in [-0.3, -0.25) is 9.59 Å². The topological polar surface area (TPSA) is 108 Å². The number of alkyl halides is 3. The van der Waals surface area contributed by atoms with Crippen LogP contribution in [0.4, 0.5) is 27.6 Å². The minimum Gasteiger partial charge on any atom is -0.487 e. The molecule has 37 heavy (non-hydrogen) atoms. The molecule has 0 unspecified atom stereocenters. The molecule has 4 rings (SSSR count). The maximum absolute atomic E-state index is 14.0. The molecule has 0 atom stereocenters. The van der Waals surface area contributed by atoms with E-state index in [0.29, 0.717) is 23.9 Å². The first-order valence-corrected chi connectivity index (χ1v) is 10.2. The summed E-state index contributed by atoms with van der Waals surface area (Å²) in [7, 11) is 1.37. The second-order valence-electron chi connectivity index (χ2n) is 7.23. The number of hydrogen-bond acceptors (Lipinski definition) is 7. The van der Waals surface area contributed by atoms with Gasteiger partial charge in [-0.15, -0.1) is 0 Å². The van der Waals surface area contributed by atoms with E-state index in [1.807, 2.05) is 0 Å². The summed E-state index contributed by atoms with van der Waals surface area (Å²) < 4.78 is 76.3. The normalized spacial score (nSPS) is 10.9. The molecule has 196 valence electrons. The standard InChI is InChI=1S/C16H12F4N4O2.C7H6FNO2.H2/c1-9-11(12(17)2-3-13(9)22-8-25)6-26-10-4-14-15(16(18,19)20)21-7-24(14)23-5-10;1-11-7-5(4-10)2-6(8)3-9-7;/h2-5,7-8H,6H2,1H3,(H,22,25);2-4H,1H3;1H. The third-order valence-electron chi connectivity index (χ3n) is 4.95. The molecule has 0 bridgehead atoms. The number of anilines is 1. The van der Waals surface area contributed by atoms with Gasteiger partial charge in [0, 0.05) is 18.7 Å². The summed E-state index contributed by atoms with van der Waals surface area (Å²) in [6, 6.07) is 4.76. The molecule has 0 radical (unpaired) electrons. The molecule has 14 heteroatoms. The summed E-state index contributed by atoms with van der Waals surface area (Å²) in [5.74, 6) is -0.946. The average Bonchev–Trinajstić information content (AvgIpc) is 3.30. The van der Waals surface area contributed by atoms with Gasteiger partial charge in [-0.25, -0.2) is 23.3 Å². The van der Waals surface area contributed by atoms with E-state index in [1.54, 1.807) is 6.92 Å². The predicted octanol–water partition coefficient (Wildman–Crippen LogP) is 4.63. The van der Waals surface area contributed by atoms with Crippen molar-refractivity contribution >= 4 is 23.9 Å². The Bertz CT molecular complexity index is 1430. The number of carbonyl (C=O) groups is 2. The molecule has 0 saturated carbocycles. The molecule has 3 heterocycles. The van der Waals surface area contributed by atoms with Crippen molar-refractivity contribution in [3.05, 3.63) is 77.0 Å². The van der Waals surface area contributed by atoms with Crippen molar-refractivity contribution in [1.82, 2.24) is 19.6 Å². The van der Waals surface area contributed by atoms with Crippen LogP contribution in [0.15, 0.2) is 43.0 Å². The molecule has 1 amide bonds. The number of imidazole rings is 1. The Labute approximate surface area is 207 Å². The maximum Gasteiger partial charge on any atom is 0.435 e. The lowest BCUT2D eigenvalue weighted by atomic mass is 10.1. The molecule has 0 aliphatic carbocycles. The molecule has 1 N–H and O–H groups in total. The Morgan fingerprint density at radius 2 is 1.89 bits per heavy atom. The fourth-order valence-corrected chi connectivity index (χ4v) is 3.14. The number of amides is 1. The molecule has 9 nitrogen and oxygen atoms in total. The molecule has 4 aromatic rings. The lowest BCUT2D eigenvalue weighted by Gasteiger charge is -2.13. The van der Waals surface area contributed by atoms with Crippen molar-refractivity contribution in [3.63, 3.8) is 0 Å². The molecule has 3 aromatic heterocycles. The quantitative estimate of drug-likeness (QED) is 0.277. The lowest BCUT2D eigenvalue weighted by molar-refractivity contribution is -0.139. The summed E-state index contributed by atoms with van der Waals surface area (Å²) in [6.07, 6.45) is -0.537. The number of aldehydes is 1. The number of ether oxygens (including phenoxy) is 2. The summed E-state index contributed by atoms with van der Waals surface area (Å²) in [5, 5.41) is 6.23. The number of rotatable bonds is 7. The van der Waals surface area contributed by atoms with Gasteiger partial charge < -0.3 is 14.8 Å². The summed E-state index contributed by atoms with van der Waals surface area (Å²) in [4.78, 5) is 27.7. The average molecular weight is 525 g/mol. The van der Waals surface area contributed by atoms with Crippen molar-refractivity contribution in [2.75, 3.05) is 12.4 Å². The van der Waals surface area contributed by atoms with Gasteiger partial charge in [-0.05, 0) is 30.7 Å². The van der Waals surface area contributed by atoms with Crippen molar-refractivity contribution < 1.29 is 42.4 Å². The SMILES string of the molecule is COc1ncc(F)cc1C=O.Cc1c(NC=O)ccc(F)c1COc1cnn2cnc(C(F)(F)F)c2c1.[HH]. The van der Waals surface area contributed by atoms with E-state index < -0.39 is 23.5 Å². The van der Waals surface area contributed by atoms with Gasteiger partial charge in [-0.1, -0.05) is 0 Å². The van der Waals surface area contributed by atoms with Gasteiger partial charge in [0.25, 0.3) is 0 Å². The van der Waals surface area contributed by atoms with Gasteiger partial charge in [0.15, 0.2) is 12.0 Å². The fraction of sp³-hybridized carbons (Fsp3) is 0.174. The number of halogens is 5. The van der Waals surface area contributed by atoms with E-state index in [1.165, 1.54) is 19.4 Å². The molecular formula is C23H20F5N5O4. The van der Waals surface area contributed by atoms with Gasteiger partial charge >= 0.3 is 6.18 Å². The first-order valence-electron chi connectivity index (χ1n) is 10.2. The van der Waals surface area contributed by atoms with Crippen LogP contribution in [-0.2, 0) is 17.6 Å². The van der Waals surface area contributed by atoms with Gasteiger partial charge in [-0.2, -0.15) is 18.3 Å². The van der Waals surface area contributed by atoms with E-state index in [-0.39, 0.29) is 36.3 Å². The zero-order chi connectivity index (χ0) is 27.2. The van der Waals surface area contributed by atoms with Crippen molar-refractivity contribution in [2.24, 2.45) is 0 Å². The lowest BCUT2D eigenvalue weighted by Crippen LogP contribution is -2.07. The van der Waals surface area contributed by atoms with E-state index >= 15 is 0 Å². The molecular weight excluding hydrogens is 505 g/mol. The van der Waals surface area contributed by atoms with Gasteiger partial charge in [0.1, 0.15) is 35.8 Å². The molecule has 0 aliphatic heterocycles. The highest BCUT2D eigenvalue weighted by molar-refractivity contribution is 5.78. The first-order chi connectivity index (χ1) is 17.6. The number of hydrogen-bond donors (Lipinski definition) is 1. The number of pyridine rings is 1. The number of carbonyl (C=O) groups excluding carboxylic acids is 2. The largest absolute Gasteiger partial charge is 0.487 e. The molecule has 0 spiro atoms. The van der Waals surface area contributed by atoms with E-state index in [0.717, 1.165) is 35.2 Å². The van der Waals surface area contributed by atoms with Crippen LogP contribution in [0.2, 0.25) is 0 Å². The van der Waals surface area contributed by atoms with Gasteiger partial charge in [0.2, 0.25) is 12.3 Å². The van der Waals surface area contributed by atoms with Crippen LogP contribution in [0.25, 0.3) is 5.52 Å². The van der Waals surface area contributed by atoms with Crippen molar-refractivity contribution in [1.29, 1.82) is 0 Å². The number of benzene rings is 1. The molecule has 0 fully saturated rings. The van der Waals surface area contributed by atoms with Crippen LogP contribution < -0.4 is 14.8 Å². The number of aromatic nitrogens is 4. The highest BCUT2D eigenvalue weighted by Crippen LogP contribution is 2.32. The highest BCUT2D eigenvalue weighted by Gasteiger charge is 2.36. The third-order valence-corrected chi connectivity index (χ3v) is 4.95. The number of nitrogens with zero attached hydrogens (tertiary/aromatic N) is 4. The first kappa shape index (κ1) is 27.0. The molecule has 0 aliphatic rings. The van der Waals surface area contributed by atoms with E-state index in [4.69, 9.17) is 4.74 Å². The Morgan fingerprint density at radius 1 is 1.14 bits per heavy atom. The number of methoxy groups -OCH3 is 1. The smallest absolute Gasteiger partial charge is 0.435 e. The third kappa shape index (κ3) is 6.34. The fourth-order valence-electron chi connectivity index (χ4n) is 3.14. The van der Waals surface area contributed by atoms with Crippen LogP contribution >= 0.6 is 0 Å². The molecule has 0 saturated heterocycles. The van der Waals surface area contributed by atoms with Crippen LogP contribution in [0, 0.1) is 18.6 Å². The second-order valence-corrected chi connectivity index (χ2v) is 7.23. The van der Waals surface area contributed by atoms with Gasteiger partial charge in [0.05, 0.1) is 25.1 Å². The summed E-state index contributed by atoms with van der Waals surface area (Å²) in [5.41, 5.74) is -0.220. The monoisotopic (exact) mass is 525 g/mol. The maximum atomic E-state index is 14.0. The van der Waals surface area contributed by atoms with E-state index in [2.05, 4.69) is 25.1 Å². The number of nitrogens with one attached hydrogen (secondary N) is 1. The Hall–Kier alpha value is -4.62. The minimum absolute atomic E-state index is 0. The van der Waals surface area contributed by atoms with E-state index in [9.17, 15) is 31.5 Å². The Morgan fingerprint density at radius 3 is 2.54 bits per heavy atom. The Kier molecular flexibility index (Phi) is 8.32. The van der Waals surface area contributed by atoms with Crippen LogP contribution in [0.1, 0.15) is 28.6 Å². The summed E-state index contributed by atoms with van der Waals surface area (Å²) >= 11 is 0. The second kappa shape index (κ2) is 11.4. The van der Waals surface area contributed by atoms with Crippen LogP contribution in [0.3, 0.4) is 0 Å². The summed E-state index contributed by atoms with van der Waals surface area (Å²) in [6.45, 7) is 1.34.